The molecule has 0 radical (unpaired) electrons. The number of halogens is 1. The minimum Gasteiger partial charge on any atom is -0.381 e. The summed E-state index contributed by atoms with van der Waals surface area (Å²) in [6.45, 7) is 0.647. The maximum absolute atomic E-state index is 15.7. The number of hydrogen-bond acceptors (Lipinski definition) is 7. The molecule has 0 aliphatic carbocycles. The highest BCUT2D eigenvalue weighted by molar-refractivity contribution is 6.10. The molecule has 0 bridgehead atoms. The molecule has 1 aromatic carbocycles. The minimum atomic E-state index is -2.46. The van der Waals surface area contributed by atoms with Crippen molar-refractivity contribution in [1.82, 2.24) is 29.5 Å². The Morgan fingerprint density at radius 1 is 1.12 bits per heavy atom. The van der Waals surface area contributed by atoms with E-state index >= 15 is 4.39 Å². The van der Waals surface area contributed by atoms with Gasteiger partial charge in [-0.25, -0.2) is 9.07 Å². The van der Waals surface area contributed by atoms with Crippen LogP contribution in [0.1, 0.15) is 46.9 Å². The van der Waals surface area contributed by atoms with Crippen LogP contribution in [0, 0.1) is 18.6 Å². The van der Waals surface area contributed by atoms with Gasteiger partial charge in [0.25, 0.3) is 0 Å². The Morgan fingerprint density at radius 3 is 2.71 bits per heavy atom. The van der Waals surface area contributed by atoms with Gasteiger partial charge in [-0.1, -0.05) is 11.3 Å². The van der Waals surface area contributed by atoms with E-state index in [4.69, 9.17) is 13.8 Å². The molecule has 0 amide bonds. The number of pyridine rings is 2. The highest BCUT2D eigenvalue weighted by atomic mass is 19.1. The summed E-state index contributed by atoms with van der Waals surface area (Å²) in [5, 5.41) is 17.4. The molecule has 4 aromatic heterocycles. The van der Waals surface area contributed by atoms with E-state index in [2.05, 4.69) is 36.3 Å². The lowest BCUT2D eigenvalue weighted by atomic mass is 9.88. The third kappa shape index (κ3) is 4.14. The molecule has 0 spiro atoms. The third-order valence-electron chi connectivity index (χ3n) is 8.20. The summed E-state index contributed by atoms with van der Waals surface area (Å²) in [7, 11) is 3.53. The van der Waals surface area contributed by atoms with Crippen molar-refractivity contribution in [2.24, 2.45) is 23.3 Å². The van der Waals surface area contributed by atoms with Gasteiger partial charge in [-0.05, 0) is 62.9 Å². The van der Waals surface area contributed by atoms with Crippen LogP contribution in [0.4, 0.5) is 4.39 Å². The molecule has 2 aliphatic heterocycles. The predicted octanol–water partition coefficient (Wildman–Crippen LogP) is 5.04. The molecule has 11 heteroatoms. The monoisotopic (exact) mass is 555 g/mol. The molecule has 1 fully saturated rings. The molecular formula is C30H31FN9O+. The van der Waals surface area contributed by atoms with Crippen molar-refractivity contribution in [3.05, 3.63) is 71.6 Å². The molecule has 2 atom stereocenters. The van der Waals surface area contributed by atoms with Crippen LogP contribution in [0.2, 0.25) is 0 Å². The normalized spacial score (nSPS) is 20.1. The molecule has 0 saturated carbocycles. The summed E-state index contributed by atoms with van der Waals surface area (Å²) in [5.74, 6) is -0.378. The van der Waals surface area contributed by atoms with E-state index in [9.17, 15) is 0 Å². The largest absolute Gasteiger partial charge is 0.381 e. The zero-order valence-corrected chi connectivity index (χ0v) is 23.0. The second kappa shape index (κ2) is 9.91. The van der Waals surface area contributed by atoms with Crippen molar-refractivity contribution in [2.75, 3.05) is 20.3 Å². The van der Waals surface area contributed by atoms with E-state index in [-0.39, 0.29) is 17.7 Å². The molecule has 1 saturated heterocycles. The topological polar surface area (TPSA) is 98.4 Å². The van der Waals surface area contributed by atoms with Crippen LogP contribution < -0.4 is 0 Å². The van der Waals surface area contributed by atoms with Crippen LogP contribution in [0.3, 0.4) is 0 Å². The Bertz CT molecular complexity index is 1970. The molecular weight excluding hydrogens is 521 g/mol. The smallest absolute Gasteiger partial charge is 0.227 e. The maximum atomic E-state index is 15.7. The fraction of sp³-hybridized carbons (Fsp3) is 0.367. The Morgan fingerprint density at radius 2 is 1.95 bits per heavy atom. The average Bonchev–Trinajstić information content (AvgIpc) is 3.66. The number of hydrogen-bond donors (Lipinski definition) is 0. The van der Waals surface area contributed by atoms with Crippen LogP contribution >= 0.6 is 0 Å². The molecule has 208 valence electrons. The Kier molecular flexibility index (Phi) is 5.40. The summed E-state index contributed by atoms with van der Waals surface area (Å²) in [4.78, 5) is 9.52. The molecule has 7 rings (SSSR count). The molecule has 5 aromatic rings. The summed E-state index contributed by atoms with van der Waals surface area (Å²) in [6.07, 6.45) is 4.88. The number of aryl methyl sites for hydroxylation is 2. The lowest BCUT2D eigenvalue weighted by molar-refractivity contribution is -0.505. The third-order valence-corrected chi connectivity index (χ3v) is 8.20. The molecule has 10 nitrogen and oxygen atoms in total. The van der Waals surface area contributed by atoms with Crippen molar-refractivity contribution < 1.29 is 17.9 Å². The van der Waals surface area contributed by atoms with Crippen LogP contribution in [0.15, 0.2) is 59.1 Å². The van der Waals surface area contributed by atoms with E-state index in [1.165, 1.54) is 10.7 Å². The highest BCUT2D eigenvalue weighted by Gasteiger charge is 2.34. The SMILES string of the molecule is [2H]C([2H])([2H])c1nnn(C)c1-c1ccc2c3ncc(C4=[N+](C)N=NC4C)cc3n(C(c3ncccc3F)C3CCOCC3)c2c1. The Hall–Kier alpha value is -4.38. The number of nitrogens with zero attached hydrogens (tertiary/aromatic N) is 9. The maximum Gasteiger partial charge on any atom is 0.227 e. The number of ether oxygens (including phenoxy) is 1. The quantitative estimate of drug-likeness (QED) is 0.283. The zero-order chi connectivity index (χ0) is 30.7. The lowest BCUT2D eigenvalue weighted by Gasteiger charge is -2.32. The summed E-state index contributed by atoms with van der Waals surface area (Å²) >= 11 is 0. The van der Waals surface area contributed by atoms with Gasteiger partial charge in [0.1, 0.15) is 18.1 Å². The molecule has 6 heterocycles. The van der Waals surface area contributed by atoms with Gasteiger partial charge in [0.05, 0.1) is 39.7 Å². The van der Waals surface area contributed by atoms with Crippen LogP contribution in [-0.2, 0) is 11.8 Å². The van der Waals surface area contributed by atoms with Crippen molar-refractivity contribution in [3.63, 3.8) is 0 Å². The number of aromatic nitrogens is 6. The zero-order valence-electron chi connectivity index (χ0n) is 26.0. The van der Waals surface area contributed by atoms with Gasteiger partial charge in [0.2, 0.25) is 6.04 Å². The van der Waals surface area contributed by atoms with Crippen molar-refractivity contribution in [2.45, 2.75) is 38.7 Å². The van der Waals surface area contributed by atoms with Gasteiger partial charge in [-0.2, -0.15) is 0 Å². The lowest BCUT2D eigenvalue weighted by Crippen LogP contribution is -2.28. The van der Waals surface area contributed by atoms with Crippen LogP contribution in [0.5, 0.6) is 0 Å². The second-order valence-corrected chi connectivity index (χ2v) is 10.7. The molecule has 2 aliphatic rings. The molecule has 0 N–H and O–H groups in total. The number of benzene rings is 1. The standard InChI is InChI=1S/C30H31FN9O/c1-17-28(38(3)36-34-17)20-7-8-22-24(14-20)40(25-15-21(16-33-26(22)25)29-18(2)35-37-39(29)4)30(19-9-12-41-13-10-19)27-23(31)6-5-11-32-27/h5-8,11,14-16,18-19,30H,9-10,12-13H2,1-4H3/q+1/i1D3. The first-order valence-corrected chi connectivity index (χ1v) is 13.7. The van der Waals surface area contributed by atoms with Crippen molar-refractivity contribution in [1.29, 1.82) is 0 Å². The Balaban J connectivity index is 1.56. The Labute approximate surface area is 240 Å². The predicted molar refractivity (Wildman–Crippen MR) is 152 cm³/mol. The van der Waals surface area contributed by atoms with Gasteiger partial charge in [-0.3, -0.25) is 9.97 Å². The average molecular weight is 556 g/mol. The fourth-order valence-corrected chi connectivity index (χ4v) is 6.33. The second-order valence-electron chi connectivity index (χ2n) is 10.7. The number of rotatable bonds is 5. The van der Waals surface area contributed by atoms with Gasteiger partial charge < -0.3 is 9.30 Å². The van der Waals surface area contributed by atoms with E-state index in [0.717, 1.165) is 46.1 Å². The van der Waals surface area contributed by atoms with Crippen molar-refractivity contribution in [3.8, 4) is 11.3 Å². The summed E-state index contributed by atoms with van der Waals surface area (Å²) in [5.41, 5.74) is 5.36. The van der Waals surface area contributed by atoms with Gasteiger partial charge in [-0.15, -0.1) is 9.78 Å². The first-order chi connectivity index (χ1) is 21.1. The van der Waals surface area contributed by atoms with Crippen molar-refractivity contribution >= 4 is 27.6 Å². The van der Waals surface area contributed by atoms with Gasteiger partial charge >= 0.3 is 0 Å². The van der Waals surface area contributed by atoms with E-state index < -0.39 is 18.7 Å². The van der Waals surface area contributed by atoms with Crippen LogP contribution in [0.25, 0.3) is 33.2 Å². The molecule has 41 heavy (non-hydrogen) atoms. The number of fused-ring (bicyclic) bond motifs is 3. The first kappa shape index (κ1) is 22.3. The van der Waals surface area contributed by atoms with E-state index in [0.29, 0.717) is 30.2 Å². The first-order valence-electron chi connectivity index (χ1n) is 15.2. The van der Waals surface area contributed by atoms with Crippen LogP contribution in [-0.4, -0.2) is 66.2 Å². The minimum absolute atomic E-state index is 0.0151. The van der Waals surface area contributed by atoms with Gasteiger partial charge in [0, 0.05) is 58.4 Å². The molecule has 2 unspecified atom stereocenters. The van der Waals surface area contributed by atoms with E-state index in [1.807, 2.05) is 38.4 Å². The summed E-state index contributed by atoms with van der Waals surface area (Å²) in [6, 6.07) is 10.2. The van der Waals surface area contributed by atoms with E-state index in [1.54, 1.807) is 24.0 Å². The summed E-state index contributed by atoms with van der Waals surface area (Å²) < 4.78 is 51.0. The highest BCUT2D eigenvalue weighted by Crippen LogP contribution is 2.41. The van der Waals surface area contributed by atoms with Gasteiger partial charge in [0.15, 0.2) is 5.71 Å². The fourth-order valence-electron chi connectivity index (χ4n) is 6.33.